The third kappa shape index (κ3) is 4.29. The molecular formula is C11H20N2O. The first kappa shape index (κ1) is 13.0. The summed E-state index contributed by atoms with van der Waals surface area (Å²) in [5.74, 6) is 2.58. The molecule has 0 bridgehead atoms. The van der Waals surface area contributed by atoms with E-state index < -0.39 is 6.04 Å². The van der Waals surface area contributed by atoms with Crippen LogP contribution in [0.15, 0.2) is 0 Å². The highest BCUT2D eigenvalue weighted by Crippen LogP contribution is 2.01. The van der Waals surface area contributed by atoms with Crippen LogP contribution in [0.5, 0.6) is 0 Å². The van der Waals surface area contributed by atoms with Crippen molar-refractivity contribution < 1.29 is 4.79 Å². The molecule has 2 atom stereocenters. The molecule has 80 valence electrons. The van der Waals surface area contributed by atoms with E-state index in [1.807, 2.05) is 20.8 Å². The maximum absolute atomic E-state index is 11.5. The van der Waals surface area contributed by atoms with E-state index in [0.717, 1.165) is 6.42 Å². The predicted octanol–water partition coefficient (Wildman–Crippen LogP) is 0.888. The van der Waals surface area contributed by atoms with Crippen molar-refractivity contribution in [3.8, 4) is 12.3 Å². The second-order valence-electron chi connectivity index (χ2n) is 3.79. The standard InChI is InChI=1S/C11H20N2O/c1-5-7-9(6-2)13-11(14)10(12)8(3)4/h1,8-10H,6-7,12H2,2-4H3,(H,13,14)/t9?,10-/m1/s1. The highest BCUT2D eigenvalue weighted by Gasteiger charge is 2.19. The Morgan fingerprint density at radius 2 is 2.14 bits per heavy atom. The minimum absolute atomic E-state index is 0.0531. The van der Waals surface area contributed by atoms with Gasteiger partial charge in [-0.05, 0) is 12.3 Å². The lowest BCUT2D eigenvalue weighted by Crippen LogP contribution is -2.47. The highest BCUT2D eigenvalue weighted by molar-refractivity contribution is 5.82. The first-order valence-electron chi connectivity index (χ1n) is 5.02. The van der Waals surface area contributed by atoms with E-state index in [1.54, 1.807) is 0 Å². The summed E-state index contributed by atoms with van der Waals surface area (Å²) >= 11 is 0. The lowest BCUT2D eigenvalue weighted by atomic mass is 10.0. The number of carbonyl (C=O) groups excluding carboxylic acids is 1. The van der Waals surface area contributed by atoms with E-state index in [2.05, 4.69) is 11.2 Å². The quantitative estimate of drug-likeness (QED) is 0.642. The van der Waals surface area contributed by atoms with Gasteiger partial charge in [-0.1, -0.05) is 20.8 Å². The zero-order valence-electron chi connectivity index (χ0n) is 9.21. The number of hydrogen-bond donors (Lipinski definition) is 2. The van der Waals surface area contributed by atoms with Gasteiger partial charge in [0, 0.05) is 12.5 Å². The summed E-state index contributed by atoms with van der Waals surface area (Å²) < 4.78 is 0. The first-order valence-corrected chi connectivity index (χ1v) is 5.02. The molecule has 3 heteroatoms. The Balaban J connectivity index is 4.09. The Kier molecular flexibility index (Phi) is 5.98. The molecule has 3 N–H and O–H groups in total. The second-order valence-corrected chi connectivity index (χ2v) is 3.79. The fourth-order valence-corrected chi connectivity index (χ4v) is 1.04. The number of rotatable bonds is 5. The smallest absolute Gasteiger partial charge is 0.237 e. The third-order valence-electron chi connectivity index (χ3n) is 2.22. The molecule has 0 aromatic heterocycles. The molecule has 1 amide bonds. The minimum atomic E-state index is -0.443. The van der Waals surface area contributed by atoms with Crippen molar-refractivity contribution in [1.82, 2.24) is 5.32 Å². The minimum Gasteiger partial charge on any atom is -0.351 e. The average molecular weight is 196 g/mol. The number of hydrogen-bond acceptors (Lipinski definition) is 2. The van der Waals surface area contributed by atoms with Crippen molar-refractivity contribution in [2.75, 3.05) is 0 Å². The molecule has 0 rings (SSSR count). The molecule has 1 unspecified atom stereocenters. The number of terminal acetylenes is 1. The summed E-state index contributed by atoms with van der Waals surface area (Å²) in [6.45, 7) is 5.84. The van der Waals surface area contributed by atoms with E-state index in [4.69, 9.17) is 12.2 Å². The van der Waals surface area contributed by atoms with E-state index in [9.17, 15) is 4.79 Å². The number of nitrogens with two attached hydrogens (primary N) is 1. The Morgan fingerprint density at radius 3 is 2.50 bits per heavy atom. The van der Waals surface area contributed by atoms with Crippen molar-refractivity contribution in [3.05, 3.63) is 0 Å². The van der Waals surface area contributed by atoms with Gasteiger partial charge in [0.05, 0.1) is 6.04 Å². The molecule has 0 aliphatic heterocycles. The van der Waals surface area contributed by atoms with Crippen LogP contribution in [-0.2, 0) is 4.79 Å². The molecule has 0 fully saturated rings. The maximum Gasteiger partial charge on any atom is 0.237 e. The van der Waals surface area contributed by atoms with Gasteiger partial charge < -0.3 is 11.1 Å². The van der Waals surface area contributed by atoms with Crippen molar-refractivity contribution in [2.45, 2.75) is 45.7 Å². The van der Waals surface area contributed by atoms with E-state index in [-0.39, 0.29) is 17.9 Å². The van der Waals surface area contributed by atoms with Crippen molar-refractivity contribution in [1.29, 1.82) is 0 Å². The summed E-state index contributed by atoms with van der Waals surface area (Å²) in [6, 6.07) is -0.390. The van der Waals surface area contributed by atoms with Crippen LogP contribution in [-0.4, -0.2) is 18.0 Å². The normalized spacial score (nSPS) is 14.6. The van der Waals surface area contributed by atoms with Crippen LogP contribution in [0.3, 0.4) is 0 Å². The van der Waals surface area contributed by atoms with Crippen molar-refractivity contribution >= 4 is 5.91 Å². The molecule has 0 heterocycles. The van der Waals surface area contributed by atoms with Crippen LogP contribution in [0, 0.1) is 18.3 Å². The van der Waals surface area contributed by atoms with Gasteiger partial charge in [0.15, 0.2) is 0 Å². The maximum atomic E-state index is 11.5. The summed E-state index contributed by atoms with van der Waals surface area (Å²) in [4.78, 5) is 11.5. The largest absolute Gasteiger partial charge is 0.351 e. The topological polar surface area (TPSA) is 55.1 Å². The number of amides is 1. The molecule has 0 aliphatic rings. The molecule has 0 aromatic rings. The first-order chi connectivity index (χ1) is 6.52. The molecule has 14 heavy (non-hydrogen) atoms. The van der Waals surface area contributed by atoms with Gasteiger partial charge in [0.1, 0.15) is 0 Å². The van der Waals surface area contributed by atoms with Gasteiger partial charge in [0.25, 0.3) is 0 Å². The summed E-state index contributed by atoms with van der Waals surface area (Å²) in [7, 11) is 0. The Labute approximate surface area is 86.4 Å². The van der Waals surface area contributed by atoms with Crippen LogP contribution in [0.2, 0.25) is 0 Å². The van der Waals surface area contributed by atoms with Crippen molar-refractivity contribution in [2.24, 2.45) is 11.7 Å². The lowest BCUT2D eigenvalue weighted by Gasteiger charge is -2.19. The third-order valence-corrected chi connectivity index (χ3v) is 2.22. The van der Waals surface area contributed by atoms with Crippen LogP contribution >= 0.6 is 0 Å². The molecule has 0 radical (unpaired) electrons. The fraction of sp³-hybridized carbons (Fsp3) is 0.727. The number of carbonyl (C=O) groups is 1. The summed E-state index contributed by atoms with van der Waals surface area (Å²) in [5, 5.41) is 2.84. The second kappa shape index (κ2) is 6.44. The van der Waals surface area contributed by atoms with Gasteiger partial charge in [-0.2, -0.15) is 0 Å². The highest BCUT2D eigenvalue weighted by atomic mass is 16.2. The van der Waals surface area contributed by atoms with Gasteiger partial charge in [-0.15, -0.1) is 12.3 Å². The molecule has 0 saturated carbocycles. The molecule has 0 saturated heterocycles. The van der Waals surface area contributed by atoms with Crippen molar-refractivity contribution in [3.63, 3.8) is 0 Å². The Bertz CT molecular complexity index is 218. The van der Waals surface area contributed by atoms with Gasteiger partial charge in [-0.3, -0.25) is 4.79 Å². The zero-order chi connectivity index (χ0) is 11.1. The van der Waals surface area contributed by atoms with Crippen LogP contribution in [0.1, 0.15) is 33.6 Å². The number of nitrogens with one attached hydrogen (secondary N) is 1. The van der Waals surface area contributed by atoms with Gasteiger partial charge >= 0.3 is 0 Å². The Hall–Kier alpha value is -1.01. The molecular weight excluding hydrogens is 176 g/mol. The average Bonchev–Trinajstić information content (AvgIpc) is 2.15. The molecule has 0 spiro atoms. The zero-order valence-corrected chi connectivity index (χ0v) is 9.21. The summed E-state index contributed by atoms with van der Waals surface area (Å²) in [6.07, 6.45) is 6.58. The van der Waals surface area contributed by atoms with Crippen LogP contribution < -0.4 is 11.1 Å². The van der Waals surface area contributed by atoms with E-state index >= 15 is 0 Å². The predicted molar refractivity (Wildman–Crippen MR) is 58.5 cm³/mol. The monoisotopic (exact) mass is 196 g/mol. The van der Waals surface area contributed by atoms with Crippen LogP contribution in [0.25, 0.3) is 0 Å². The summed E-state index contributed by atoms with van der Waals surface area (Å²) in [5.41, 5.74) is 5.70. The molecule has 3 nitrogen and oxygen atoms in total. The van der Waals surface area contributed by atoms with Gasteiger partial charge in [-0.25, -0.2) is 0 Å². The van der Waals surface area contributed by atoms with Crippen LogP contribution in [0.4, 0.5) is 0 Å². The molecule has 0 aliphatic carbocycles. The molecule has 0 aromatic carbocycles. The van der Waals surface area contributed by atoms with E-state index in [1.165, 1.54) is 0 Å². The fourth-order valence-electron chi connectivity index (χ4n) is 1.04. The Morgan fingerprint density at radius 1 is 1.57 bits per heavy atom. The van der Waals surface area contributed by atoms with Gasteiger partial charge in [0.2, 0.25) is 5.91 Å². The van der Waals surface area contributed by atoms with E-state index in [0.29, 0.717) is 6.42 Å². The SMILES string of the molecule is C#CCC(CC)NC(=O)[C@H](N)C(C)C. The lowest BCUT2D eigenvalue weighted by molar-refractivity contribution is -0.123.